The van der Waals surface area contributed by atoms with Gasteiger partial charge in [-0.3, -0.25) is 9.59 Å². The number of carbonyl (C=O) groups is 2. The number of anilines is 4. The Labute approximate surface area is 236 Å². The maximum atomic E-state index is 13.4. The first-order chi connectivity index (χ1) is 19.5. The van der Waals surface area contributed by atoms with Gasteiger partial charge in [0.2, 0.25) is 0 Å². The van der Waals surface area contributed by atoms with Gasteiger partial charge in [0, 0.05) is 22.7 Å². The molecule has 0 atom stereocenters. The summed E-state index contributed by atoms with van der Waals surface area (Å²) < 4.78 is 80.6. The molecule has 0 unspecified atom stereocenters. The number of hydrogen-bond acceptors (Lipinski definition) is 4. The molecule has 4 rings (SSSR count). The van der Waals surface area contributed by atoms with E-state index in [2.05, 4.69) is 10.6 Å². The molecule has 0 saturated carbocycles. The van der Waals surface area contributed by atoms with Gasteiger partial charge < -0.3 is 22.1 Å². The van der Waals surface area contributed by atoms with Crippen molar-refractivity contribution in [2.24, 2.45) is 0 Å². The van der Waals surface area contributed by atoms with Crippen LogP contribution in [-0.2, 0) is 12.4 Å². The van der Waals surface area contributed by atoms with Gasteiger partial charge in [-0.1, -0.05) is 12.1 Å². The number of nitrogens with two attached hydrogens (primary N) is 2. The summed E-state index contributed by atoms with van der Waals surface area (Å²) in [6.07, 6.45) is -9.55. The highest BCUT2D eigenvalue weighted by Gasteiger charge is 2.36. The second kappa shape index (κ2) is 11.1. The molecule has 0 bridgehead atoms. The van der Waals surface area contributed by atoms with E-state index < -0.39 is 46.4 Å². The number of halogens is 6. The van der Waals surface area contributed by atoms with E-state index in [-0.39, 0.29) is 22.7 Å². The van der Waals surface area contributed by atoms with Gasteiger partial charge in [0.1, 0.15) is 0 Å². The molecule has 0 aromatic heterocycles. The van der Waals surface area contributed by atoms with Gasteiger partial charge in [-0.25, -0.2) is 0 Å². The van der Waals surface area contributed by atoms with Crippen molar-refractivity contribution in [1.82, 2.24) is 0 Å². The van der Waals surface area contributed by atoms with Crippen LogP contribution in [-0.4, -0.2) is 11.8 Å². The second-order valence-corrected chi connectivity index (χ2v) is 9.57. The minimum atomic E-state index is -4.78. The van der Waals surface area contributed by atoms with E-state index >= 15 is 0 Å². The van der Waals surface area contributed by atoms with E-state index in [1.54, 1.807) is 38.1 Å². The van der Waals surface area contributed by atoms with Crippen molar-refractivity contribution in [3.05, 3.63) is 106 Å². The molecular formula is C30H24F6N4O2. The van der Waals surface area contributed by atoms with Gasteiger partial charge in [0.25, 0.3) is 11.8 Å². The number of alkyl halides is 6. The molecule has 218 valence electrons. The van der Waals surface area contributed by atoms with E-state index in [1.807, 2.05) is 0 Å². The maximum Gasteiger partial charge on any atom is 0.417 e. The second-order valence-electron chi connectivity index (χ2n) is 9.57. The number of nitrogen functional groups attached to an aromatic ring is 2. The Kier molecular flexibility index (Phi) is 7.93. The monoisotopic (exact) mass is 586 g/mol. The largest absolute Gasteiger partial charge is 0.417 e. The minimum Gasteiger partial charge on any atom is -0.399 e. The van der Waals surface area contributed by atoms with Gasteiger partial charge in [-0.2, -0.15) is 26.3 Å². The maximum absolute atomic E-state index is 13.4. The molecular weight excluding hydrogens is 562 g/mol. The first-order valence-corrected chi connectivity index (χ1v) is 12.3. The molecule has 4 aromatic carbocycles. The number of rotatable bonds is 5. The van der Waals surface area contributed by atoms with E-state index in [9.17, 15) is 35.9 Å². The quantitative estimate of drug-likeness (QED) is 0.142. The van der Waals surface area contributed by atoms with Crippen molar-refractivity contribution in [3.63, 3.8) is 0 Å². The normalized spacial score (nSPS) is 11.7. The topological polar surface area (TPSA) is 110 Å². The number of carbonyl (C=O) groups excluding carboxylic acids is 2. The highest BCUT2D eigenvalue weighted by atomic mass is 19.4. The molecule has 0 aliphatic carbocycles. The lowest BCUT2D eigenvalue weighted by Gasteiger charge is -2.16. The van der Waals surface area contributed by atoms with Crippen molar-refractivity contribution >= 4 is 34.6 Å². The summed E-state index contributed by atoms with van der Waals surface area (Å²) in [5.74, 6) is -1.92. The highest BCUT2D eigenvalue weighted by molar-refractivity contribution is 6.06. The van der Waals surface area contributed by atoms with Crippen molar-refractivity contribution in [2.75, 3.05) is 22.1 Å². The molecule has 42 heavy (non-hydrogen) atoms. The van der Waals surface area contributed by atoms with Crippen molar-refractivity contribution in [3.8, 4) is 11.1 Å². The Morgan fingerprint density at radius 3 is 1.24 bits per heavy atom. The minimum absolute atomic E-state index is 0.128. The van der Waals surface area contributed by atoms with Crippen LogP contribution in [0.1, 0.15) is 43.0 Å². The molecule has 0 heterocycles. The van der Waals surface area contributed by atoms with Crippen LogP contribution in [0.15, 0.2) is 72.8 Å². The molecule has 0 spiro atoms. The Morgan fingerprint density at radius 2 is 0.929 bits per heavy atom. The van der Waals surface area contributed by atoms with Gasteiger partial charge in [0.15, 0.2) is 0 Å². The first-order valence-electron chi connectivity index (χ1n) is 12.3. The number of hydrogen-bond donors (Lipinski definition) is 4. The highest BCUT2D eigenvalue weighted by Crippen LogP contribution is 2.36. The standard InChI is InChI=1S/C30H24F6N4O2/c1-15-11-19(39-27(41)23-7-3-17(37)13-25(23)29(31,32)33)5-9-21(15)22-10-6-20(12-16(22)2)40-28(42)24-8-4-18(38)14-26(24)30(34,35)36/h3-14H,37-38H2,1-2H3,(H,39,41)(H,40,42). The average Bonchev–Trinajstić information content (AvgIpc) is 2.88. The summed E-state index contributed by atoms with van der Waals surface area (Å²) in [6, 6.07) is 15.4. The Morgan fingerprint density at radius 1 is 0.571 bits per heavy atom. The smallest absolute Gasteiger partial charge is 0.399 e. The molecule has 4 aromatic rings. The fourth-order valence-corrected chi connectivity index (χ4v) is 4.47. The van der Waals surface area contributed by atoms with Crippen LogP contribution in [0, 0.1) is 13.8 Å². The molecule has 0 saturated heterocycles. The Balaban J connectivity index is 1.54. The summed E-state index contributed by atoms with van der Waals surface area (Å²) in [6.45, 7) is 3.48. The van der Waals surface area contributed by atoms with E-state index in [4.69, 9.17) is 11.5 Å². The van der Waals surface area contributed by atoms with E-state index in [1.165, 1.54) is 24.3 Å². The summed E-state index contributed by atoms with van der Waals surface area (Å²) in [7, 11) is 0. The van der Waals surface area contributed by atoms with Crippen molar-refractivity contribution in [1.29, 1.82) is 0 Å². The van der Waals surface area contributed by atoms with Crippen LogP contribution in [0.25, 0.3) is 11.1 Å². The van der Waals surface area contributed by atoms with Crippen LogP contribution >= 0.6 is 0 Å². The summed E-state index contributed by atoms with van der Waals surface area (Å²) in [5.41, 5.74) is 10.6. The lowest BCUT2D eigenvalue weighted by Crippen LogP contribution is -2.19. The van der Waals surface area contributed by atoms with Crippen LogP contribution in [0.4, 0.5) is 49.1 Å². The SMILES string of the molecule is Cc1cc(NC(=O)c2ccc(N)cc2C(F)(F)F)ccc1-c1ccc(NC(=O)c2ccc(N)cc2C(F)(F)F)cc1C. The average molecular weight is 587 g/mol. The summed E-state index contributed by atoms with van der Waals surface area (Å²) >= 11 is 0. The zero-order chi connectivity index (χ0) is 31.0. The fraction of sp³-hybridized carbons (Fsp3) is 0.133. The molecule has 0 aliphatic heterocycles. The number of aryl methyl sites for hydroxylation is 2. The third-order valence-electron chi connectivity index (χ3n) is 6.45. The molecule has 2 amide bonds. The molecule has 6 N–H and O–H groups in total. The van der Waals surface area contributed by atoms with Gasteiger partial charge in [0.05, 0.1) is 22.3 Å². The predicted octanol–water partition coefficient (Wildman–Crippen LogP) is 7.68. The number of nitrogens with one attached hydrogen (secondary N) is 2. The van der Waals surface area contributed by atoms with Crippen LogP contribution in [0.5, 0.6) is 0 Å². The molecule has 0 radical (unpaired) electrons. The zero-order valence-corrected chi connectivity index (χ0v) is 22.2. The van der Waals surface area contributed by atoms with E-state index in [0.29, 0.717) is 23.3 Å². The van der Waals surface area contributed by atoms with Gasteiger partial charge in [-0.05, 0) is 96.8 Å². The summed E-state index contributed by atoms with van der Waals surface area (Å²) in [5, 5.41) is 4.95. The van der Waals surface area contributed by atoms with Gasteiger partial charge in [-0.15, -0.1) is 0 Å². The van der Waals surface area contributed by atoms with Crippen LogP contribution in [0.3, 0.4) is 0 Å². The third kappa shape index (κ3) is 6.48. The van der Waals surface area contributed by atoms with Crippen molar-refractivity contribution < 1.29 is 35.9 Å². The summed E-state index contributed by atoms with van der Waals surface area (Å²) in [4.78, 5) is 25.4. The molecule has 12 heteroatoms. The molecule has 6 nitrogen and oxygen atoms in total. The Bertz CT molecular complexity index is 1570. The third-order valence-corrected chi connectivity index (χ3v) is 6.45. The zero-order valence-electron chi connectivity index (χ0n) is 22.2. The number of amides is 2. The fourth-order valence-electron chi connectivity index (χ4n) is 4.47. The predicted molar refractivity (Wildman–Crippen MR) is 149 cm³/mol. The molecule has 0 aliphatic rings. The first kappa shape index (κ1) is 30.0. The number of benzene rings is 4. The lowest BCUT2D eigenvalue weighted by atomic mass is 9.95. The van der Waals surface area contributed by atoms with Crippen LogP contribution in [0.2, 0.25) is 0 Å². The van der Waals surface area contributed by atoms with E-state index in [0.717, 1.165) is 23.3 Å². The van der Waals surface area contributed by atoms with Gasteiger partial charge >= 0.3 is 12.4 Å². The van der Waals surface area contributed by atoms with Crippen LogP contribution < -0.4 is 22.1 Å². The lowest BCUT2D eigenvalue weighted by molar-refractivity contribution is -0.138. The Hall–Kier alpha value is -5.00. The van der Waals surface area contributed by atoms with Crippen molar-refractivity contribution in [2.45, 2.75) is 26.2 Å². The molecule has 0 fully saturated rings.